The Bertz CT molecular complexity index is 609. The molecule has 0 aliphatic carbocycles. The monoisotopic (exact) mass is 252 g/mol. The molecule has 1 atom stereocenters. The Labute approximate surface area is 102 Å². The van der Waals surface area contributed by atoms with Gasteiger partial charge in [-0.3, -0.25) is 0 Å². The third kappa shape index (κ3) is 1.80. The lowest BCUT2D eigenvalue weighted by Crippen LogP contribution is -2.02. The van der Waals surface area contributed by atoms with E-state index in [9.17, 15) is 8.78 Å². The lowest BCUT2D eigenvalue weighted by atomic mass is 9.97. The maximum atomic E-state index is 13.1. The van der Waals surface area contributed by atoms with Gasteiger partial charge in [-0.05, 0) is 36.3 Å². The zero-order valence-electron chi connectivity index (χ0n) is 8.91. The Morgan fingerprint density at radius 3 is 2.59 bits per heavy atom. The molecule has 3 rings (SSSR count). The van der Waals surface area contributed by atoms with Gasteiger partial charge in [0.25, 0.3) is 0 Å². The summed E-state index contributed by atoms with van der Waals surface area (Å²) in [5.74, 6) is -0.949. The zero-order chi connectivity index (χ0) is 12.0. The van der Waals surface area contributed by atoms with E-state index in [2.05, 4.69) is 4.98 Å². The molecule has 2 nitrogen and oxygen atoms in total. The highest BCUT2D eigenvalue weighted by Crippen LogP contribution is 2.30. The molecule has 0 saturated carbocycles. The quantitative estimate of drug-likeness (QED) is 0.773. The van der Waals surface area contributed by atoms with Crippen molar-refractivity contribution in [2.24, 2.45) is 0 Å². The van der Waals surface area contributed by atoms with Crippen LogP contribution in [0, 0.1) is 16.4 Å². The van der Waals surface area contributed by atoms with Crippen LogP contribution in [0.4, 0.5) is 8.78 Å². The normalized spacial score (nSPS) is 18.4. The molecule has 17 heavy (non-hydrogen) atoms. The van der Waals surface area contributed by atoms with Crippen molar-refractivity contribution in [1.29, 1.82) is 0 Å². The van der Waals surface area contributed by atoms with Crippen molar-refractivity contribution in [2.45, 2.75) is 18.9 Å². The first kappa shape index (κ1) is 10.7. The predicted octanol–water partition coefficient (Wildman–Crippen LogP) is 3.16. The SMILES string of the molecule is Fc1cc(F)cc(C2Cc3c[nH]c(=S)n3C2)c1. The second-order valence-electron chi connectivity index (χ2n) is 4.30. The van der Waals surface area contributed by atoms with Gasteiger partial charge in [0.15, 0.2) is 4.77 Å². The van der Waals surface area contributed by atoms with E-state index in [4.69, 9.17) is 12.2 Å². The van der Waals surface area contributed by atoms with Crippen LogP contribution >= 0.6 is 12.2 Å². The van der Waals surface area contributed by atoms with Crippen LogP contribution in [-0.4, -0.2) is 9.55 Å². The first-order valence-electron chi connectivity index (χ1n) is 5.36. The number of aromatic amines is 1. The molecule has 1 N–H and O–H groups in total. The fraction of sp³-hybridized carbons (Fsp3) is 0.250. The first-order valence-corrected chi connectivity index (χ1v) is 5.77. The molecule has 1 aliphatic heterocycles. The molecule has 1 aromatic carbocycles. The van der Waals surface area contributed by atoms with Crippen LogP contribution in [0.25, 0.3) is 0 Å². The number of nitrogens with one attached hydrogen (secondary N) is 1. The van der Waals surface area contributed by atoms with Crippen LogP contribution in [0.3, 0.4) is 0 Å². The Hall–Kier alpha value is -1.49. The van der Waals surface area contributed by atoms with E-state index < -0.39 is 11.6 Å². The molecular weight excluding hydrogens is 242 g/mol. The molecule has 0 bridgehead atoms. The van der Waals surface area contributed by atoms with E-state index in [1.165, 1.54) is 12.1 Å². The van der Waals surface area contributed by atoms with Gasteiger partial charge in [-0.1, -0.05) is 0 Å². The second kappa shape index (κ2) is 3.77. The summed E-state index contributed by atoms with van der Waals surface area (Å²) in [6, 6.07) is 3.69. The van der Waals surface area contributed by atoms with Gasteiger partial charge < -0.3 is 9.55 Å². The maximum Gasteiger partial charge on any atom is 0.177 e. The van der Waals surface area contributed by atoms with Crippen molar-refractivity contribution in [2.75, 3.05) is 0 Å². The molecule has 0 radical (unpaired) electrons. The van der Waals surface area contributed by atoms with Crippen molar-refractivity contribution in [3.63, 3.8) is 0 Å². The number of hydrogen-bond donors (Lipinski definition) is 1. The molecular formula is C12H10F2N2S. The standard InChI is InChI=1S/C12H10F2N2S/c13-9-1-7(2-10(14)4-9)8-3-11-5-15-12(17)16(11)6-8/h1-2,4-5,8H,3,6H2,(H,15,17). The highest BCUT2D eigenvalue weighted by atomic mass is 32.1. The fourth-order valence-corrected chi connectivity index (χ4v) is 2.62. The molecule has 1 aromatic heterocycles. The summed E-state index contributed by atoms with van der Waals surface area (Å²) in [4.78, 5) is 2.96. The number of H-pyrrole nitrogens is 1. The molecule has 0 spiro atoms. The molecule has 2 heterocycles. The summed E-state index contributed by atoms with van der Waals surface area (Å²) in [5.41, 5.74) is 1.78. The van der Waals surface area contributed by atoms with Crippen LogP contribution in [-0.2, 0) is 13.0 Å². The Kier molecular flexibility index (Phi) is 2.36. The van der Waals surface area contributed by atoms with Crippen LogP contribution in [0.2, 0.25) is 0 Å². The highest BCUT2D eigenvalue weighted by Gasteiger charge is 2.24. The minimum atomic E-state index is -0.526. The molecule has 88 valence electrons. The Morgan fingerprint density at radius 1 is 1.24 bits per heavy atom. The van der Waals surface area contributed by atoms with Crippen LogP contribution in [0.1, 0.15) is 17.2 Å². The lowest BCUT2D eigenvalue weighted by molar-refractivity contribution is 0.567. The summed E-state index contributed by atoms with van der Waals surface area (Å²) >= 11 is 5.13. The number of benzene rings is 1. The number of halogens is 2. The van der Waals surface area contributed by atoms with Gasteiger partial charge >= 0.3 is 0 Å². The van der Waals surface area contributed by atoms with Gasteiger partial charge in [0, 0.05) is 30.4 Å². The second-order valence-corrected chi connectivity index (χ2v) is 4.69. The third-order valence-corrected chi connectivity index (χ3v) is 3.51. The number of nitrogens with zero attached hydrogens (tertiary/aromatic N) is 1. The number of imidazole rings is 1. The molecule has 0 fully saturated rings. The average molecular weight is 252 g/mol. The molecule has 5 heteroatoms. The minimum absolute atomic E-state index is 0.103. The minimum Gasteiger partial charge on any atom is -0.337 e. The van der Waals surface area contributed by atoms with Gasteiger partial charge in [0.2, 0.25) is 0 Å². The third-order valence-electron chi connectivity index (χ3n) is 3.17. The largest absolute Gasteiger partial charge is 0.337 e. The average Bonchev–Trinajstić information content (AvgIpc) is 2.80. The van der Waals surface area contributed by atoms with Gasteiger partial charge in [-0.25, -0.2) is 8.78 Å². The van der Waals surface area contributed by atoms with Crippen molar-refractivity contribution in [3.05, 3.63) is 52.1 Å². The smallest absolute Gasteiger partial charge is 0.177 e. The zero-order valence-corrected chi connectivity index (χ0v) is 9.73. The predicted molar refractivity (Wildman–Crippen MR) is 62.4 cm³/mol. The summed E-state index contributed by atoms with van der Waals surface area (Å²) in [7, 11) is 0. The van der Waals surface area contributed by atoms with Crippen molar-refractivity contribution >= 4 is 12.2 Å². The van der Waals surface area contributed by atoms with E-state index in [1.807, 2.05) is 10.8 Å². The molecule has 1 aliphatic rings. The first-order chi connectivity index (χ1) is 8.13. The van der Waals surface area contributed by atoms with Gasteiger partial charge in [0.05, 0.1) is 0 Å². The van der Waals surface area contributed by atoms with Gasteiger partial charge in [-0.15, -0.1) is 0 Å². The van der Waals surface area contributed by atoms with Crippen molar-refractivity contribution in [3.8, 4) is 0 Å². The van der Waals surface area contributed by atoms with E-state index in [0.717, 1.165) is 18.2 Å². The molecule has 1 unspecified atom stereocenters. The Balaban J connectivity index is 1.96. The maximum absolute atomic E-state index is 13.1. The van der Waals surface area contributed by atoms with Crippen LogP contribution in [0.15, 0.2) is 24.4 Å². The number of aromatic nitrogens is 2. The fourth-order valence-electron chi connectivity index (χ4n) is 2.37. The van der Waals surface area contributed by atoms with Crippen LogP contribution < -0.4 is 0 Å². The molecule has 2 aromatic rings. The van der Waals surface area contributed by atoms with Gasteiger partial charge in [-0.2, -0.15) is 0 Å². The summed E-state index contributed by atoms with van der Waals surface area (Å²) in [6.07, 6.45) is 2.62. The molecule has 0 saturated heterocycles. The van der Waals surface area contributed by atoms with Crippen molar-refractivity contribution in [1.82, 2.24) is 9.55 Å². The number of hydrogen-bond acceptors (Lipinski definition) is 1. The summed E-state index contributed by atoms with van der Waals surface area (Å²) < 4.78 is 28.9. The Morgan fingerprint density at radius 2 is 1.94 bits per heavy atom. The van der Waals surface area contributed by atoms with Crippen LogP contribution in [0.5, 0.6) is 0 Å². The molecule has 0 amide bonds. The van der Waals surface area contributed by atoms with E-state index in [1.54, 1.807) is 0 Å². The van der Waals surface area contributed by atoms with Crippen molar-refractivity contribution < 1.29 is 8.78 Å². The summed E-state index contributed by atoms with van der Waals surface area (Å²) in [5, 5.41) is 0. The van der Waals surface area contributed by atoms with Gasteiger partial charge in [0.1, 0.15) is 11.6 Å². The van der Waals surface area contributed by atoms with E-state index in [-0.39, 0.29) is 5.92 Å². The lowest BCUT2D eigenvalue weighted by Gasteiger charge is -2.09. The number of fused-ring (bicyclic) bond motifs is 1. The number of rotatable bonds is 1. The highest BCUT2D eigenvalue weighted by molar-refractivity contribution is 7.71. The van der Waals surface area contributed by atoms with E-state index >= 15 is 0 Å². The topological polar surface area (TPSA) is 20.7 Å². The van der Waals surface area contributed by atoms with E-state index in [0.29, 0.717) is 16.9 Å². The summed E-state index contributed by atoms with van der Waals surface area (Å²) in [6.45, 7) is 0.681.